The first-order valence-corrected chi connectivity index (χ1v) is 6.12. The Morgan fingerprint density at radius 3 is 2.94 bits per heavy atom. The largest absolute Gasteiger partial charge is 0.300 e. The molecule has 1 saturated carbocycles. The molecule has 0 aromatic heterocycles. The summed E-state index contributed by atoms with van der Waals surface area (Å²) in [6, 6.07) is 9.07. The molecule has 0 bridgehead atoms. The standard InChI is InChI=1S/C15H19N/c1-3-15(4-2)16-11-12-6-5-7-14(10-12)13-8-9-13/h1,5-7,10,13,15-16H,4,8-9,11H2,2H3. The third-order valence-electron chi connectivity index (χ3n) is 3.16. The van der Waals surface area contributed by atoms with Crippen LogP contribution in [0.4, 0.5) is 0 Å². The molecule has 1 fully saturated rings. The van der Waals surface area contributed by atoms with Gasteiger partial charge in [-0.2, -0.15) is 0 Å². The Bertz CT molecular complexity index is 385. The topological polar surface area (TPSA) is 12.0 Å². The van der Waals surface area contributed by atoms with E-state index in [9.17, 15) is 0 Å². The molecule has 1 aromatic rings. The van der Waals surface area contributed by atoms with Crippen molar-refractivity contribution in [3.8, 4) is 12.3 Å². The van der Waals surface area contributed by atoms with E-state index in [4.69, 9.17) is 6.42 Å². The Kier molecular flexibility index (Phi) is 3.64. The number of hydrogen-bond acceptors (Lipinski definition) is 1. The maximum absolute atomic E-state index is 5.42. The quantitative estimate of drug-likeness (QED) is 0.741. The van der Waals surface area contributed by atoms with E-state index < -0.39 is 0 Å². The van der Waals surface area contributed by atoms with Gasteiger partial charge < -0.3 is 0 Å². The van der Waals surface area contributed by atoms with E-state index in [1.165, 1.54) is 24.0 Å². The molecule has 16 heavy (non-hydrogen) atoms. The average molecular weight is 213 g/mol. The lowest BCUT2D eigenvalue weighted by molar-refractivity contribution is 0.592. The summed E-state index contributed by atoms with van der Waals surface area (Å²) in [7, 11) is 0. The van der Waals surface area contributed by atoms with E-state index in [0.29, 0.717) is 0 Å². The van der Waals surface area contributed by atoms with Crippen molar-refractivity contribution in [2.45, 2.75) is 44.7 Å². The third kappa shape index (κ3) is 2.87. The van der Waals surface area contributed by atoms with E-state index >= 15 is 0 Å². The highest BCUT2D eigenvalue weighted by molar-refractivity contribution is 5.29. The van der Waals surface area contributed by atoms with Gasteiger partial charge in [-0.25, -0.2) is 0 Å². The zero-order valence-electron chi connectivity index (χ0n) is 9.87. The highest BCUT2D eigenvalue weighted by atomic mass is 14.9. The second-order valence-corrected chi connectivity index (χ2v) is 4.53. The number of terminal acetylenes is 1. The molecular formula is C15H19N. The van der Waals surface area contributed by atoms with E-state index in [1.807, 2.05) is 0 Å². The maximum atomic E-state index is 5.42. The van der Waals surface area contributed by atoms with Gasteiger partial charge >= 0.3 is 0 Å². The van der Waals surface area contributed by atoms with Gasteiger partial charge in [0.2, 0.25) is 0 Å². The molecule has 1 aliphatic carbocycles. The van der Waals surface area contributed by atoms with Crippen LogP contribution in [0.2, 0.25) is 0 Å². The fourth-order valence-corrected chi connectivity index (χ4v) is 1.94. The lowest BCUT2D eigenvalue weighted by atomic mass is 10.1. The van der Waals surface area contributed by atoms with Crippen LogP contribution in [-0.2, 0) is 6.54 Å². The molecule has 1 N–H and O–H groups in total. The number of rotatable bonds is 5. The van der Waals surface area contributed by atoms with Crippen molar-refractivity contribution in [1.82, 2.24) is 5.32 Å². The number of nitrogens with one attached hydrogen (secondary N) is 1. The molecule has 1 aliphatic rings. The number of hydrogen-bond donors (Lipinski definition) is 1. The lowest BCUT2D eigenvalue weighted by Crippen LogP contribution is -2.26. The first kappa shape index (κ1) is 11.2. The van der Waals surface area contributed by atoms with Crippen LogP contribution in [0.1, 0.15) is 43.2 Å². The fraction of sp³-hybridized carbons (Fsp3) is 0.467. The van der Waals surface area contributed by atoms with Crippen LogP contribution in [0.15, 0.2) is 24.3 Å². The Morgan fingerprint density at radius 1 is 1.50 bits per heavy atom. The van der Waals surface area contributed by atoms with Crippen molar-refractivity contribution in [3.63, 3.8) is 0 Å². The molecule has 0 spiro atoms. The van der Waals surface area contributed by atoms with Crippen LogP contribution in [-0.4, -0.2) is 6.04 Å². The van der Waals surface area contributed by atoms with Crippen LogP contribution in [0.5, 0.6) is 0 Å². The highest BCUT2D eigenvalue weighted by Crippen LogP contribution is 2.40. The summed E-state index contributed by atoms with van der Waals surface area (Å²) in [6.45, 7) is 2.99. The van der Waals surface area contributed by atoms with Gasteiger partial charge in [0.15, 0.2) is 0 Å². The molecular weight excluding hydrogens is 194 g/mol. The zero-order valence-corrected chi connectivity index (χ0v) is 9.87. The van der Waals surface area contributed by atoms with Crippen molar-refractivity contribution in [3.05, 3.63) is 35.4 Å². The first-order chi connectivity index (χ1) is 7.83. The van der Waals surface area contributed by atoms with Gasteiger partial charge in [-0.1, -0.05) is 37.1 Å². The molecule has 0 aliphatic heterocycles. The SMILES string of the molecule is C#CC(CC)NCc1cccc(C2CC2)c1. The Morgan fingerprint density at radius 2 is 2.31 bits per heavy atom. The summed E-state index contributed by atoms with van der Waals surface area (Å²) >= 11 is 0. The van der Waals surface area contributed by atoms with Crippen molar-refractivity contribution >= 4 is 0 Å². The Balaban J connectivity index is 1.93. The molecule has 0 saturated heterocycles. The van der Waals surface area contributed by atoms with Crippen molar-refractivity contribution in [2.75, 3.05) is 0 Å². The van der Waals surface area contributed by atoms with E-state index in [-0.39, 0.29) is 6.04 Å². The summed E-state index contributed by atoms with van der Waals surface area (Å²) in [5.74, 6) is 3.59. The van der Waals surface area contributed by atoms with E-state index in [1.54, 1.807) is 0 Å². The van der Waals surface area contributed by atoms with Crippen molar-refractivity contribution in [2.24, 2.45) is 0 Å². The minimum atomic E-state index is 0.199. The monoisotopic (exact) mass is 213 g/mol. The van der Waals surface area contributed by atoms with Crippen LogP contribution < -0.4 is 5.32 Å². The second-order valence-electron chi connectivity index (χ2n) is 4.53. The van der Waals surface area contributed by atoms with Crippen LogP contribution >= 0.6 is 0 Å². The molecule has 0 radical (unpaired) electrons. The smallest absolute Gasteiger partial charge is 0.0686 e. The minimum absolute atomic E-state index is 0.199. The summed E-state index contributed by atoms with van der Waals surface area (Å²) in [5, 5.41) is 3.39. The van der Waals surface area contributed by atoms with Crippen molar-refractivity contribution in [1.29, 1.82) is 0 Å². The second kappa shape index (κ2) is 5.18. The van der Waals surface area contributed by atoms with Gasteiger partial charge in [0.05, 0.1) is 6.04 Å². The first-order valence-electron chi connectivity index (χ1n) is 6.12. The molecule has 1 aromatic carbocycles. The molecule has 2 rings (SSSR count). The molecule has 1 nitrogen and oxygen atoms in total. The van der Waals surface area contributed by atoms with Gasteiger partial charge in [-0.05, 0) is 36.3 Å². The van der Waals surface area contributed by atoms with Crippen LogP contribution in [0, 0.1) is 12.3 Å². The van der Waals surface area contributed by atoms with Crippen LogP contribution in [0.3, 0.4) is 0 Å². The van der Waals surface area contributed by atoms with Gasteiger partial charge in [0, 0.05) is 6.54 Å². The van der Waals surface area contributed by atoms with Crippen LogP contribution in [0.25, 0.3) is 0 Å². The van der Waals surface area contributed by atoms with E-state index in [0.717, 1.165) is 18.9 Å². The predicted octanol–water partition coefficient (Wildman–Crippen LogP) is 3.07. The molecule has 0 heterocycles. The lowest BCUT2D eigenvalue weighted by Gasteiger charge is -2.11. The van der Waals surface area contributed by atoms with E-state index in [2.05, 4.69) is 42.4 Å². The Hall–Kier alpha value is -1.26. The zero-order chi connectivity index (χ0) is 11.4. The number of benzene rings is 1. The maximum Gasteiger partial charge on any atom is 0.0686 e. The summed E-state index contributed by atoms with van der Waals surface area (Å²) in [6.07, 6.45) is 9.13. The highest BCUT2D eigenvalue weighted by Gasteiger charge is 2.23. The van der Waals surface area contributed by atoms with Gasteiger partial charge in [-0.15, -0.1) is 6.42 Å². The van der Waals surface area contributed by atoms with Crippen molar-refractivity contribution < 1.29 is 0 Å². The molecule has 1 unspecified atom stereocenters. The molecule has 84 valence electrons. The summed E-state index contributed by atoms with van der Waals surface area (Å²) in [5.41, 5.74) is 2.84. The fourth-order valence-electron chi connectivity index (χ4n) is 1.94. The van der Waals surface area contributed by atoms with Gasteiger partial charge in [0.25, 0.3) is 0 Å². The Labute approximate surface area is 98.3 Å². The van der Waals surface area contributed by atoms with Gasteiger partial charge in [0.1, 0.15) is 0 Å². The van der Waals surface area contributed by atoms with Gasteiger partial charge in [-0.3, -0.25) is 5.32 Å². The predicted molar refractivity (Wildman–Crippen MR) is 68.2 cm³/mol. The molecule has 0 amide bonds. The summed E-state index contributed by atoms with van der Waals surface area (Å²) < 4.78 is 0. The minimum Gasteiger partial charge on any atom is -0.300 e. The normalized spacial score (nSPS) is 16.8. The third-order valence-corrected chi connectivity index (χ3v) is 3.16. The molecule has 1 heteroatoms. The average Bonchev–Trinajstić information content (AvgIpc) is 3.15. The summed E-state index contributed by atoms with van der Waals surface area (Å²) in [4.78, 5) is 0. The molecule has 1 atom stereocenters.